The fourth-order valence-electron chi connectivity index (χ4n) is 5.99. The zero-order valence-corrected chi connectivity index (χ0v) is 28.8. The highest BCUT2D eigenvalue weighted by molar-refractivity contribution is 7.17. The van der Waals surface area contributed by atoms with Gasteiger partial charge >= 0.3 is 12.1 Å². The number of hydrogen-bond acceptors (Lipinski definition) is 7. The van der Waals surface area contributed by atoms with Gasteiger partial charge in [0.25, 0.3) is 11.8 Å². The van der Waals surface area contributed by atoms with Crippen LogP contribution in [0.2, 0.25) is 0 Å². The van der Waals surface area contributed by atoms with Crippen molar-refractivity contribution in [2.45, 2.75) is 52.4 Å². The predicted octanol–water partition coefficient (Wildman–Crippen LogP) is 7.06. The molecule has 1 aliphatic rings. The Morgan fingerprint density at radius 1 is 1.02 bits per heavy atom. The van der Waals surface area contributed by atoms with Gasteiger partial charge in [-0.15, -0.1) is 11.3 Å². The number of nitrogens with zero attached hydrogens (tertiary/aromatic N) is 2. The van der Waals surface area contributed by atoms with E-state index in [1.165, 1.54) is 35.7 Å². The molecule has 0 spiro atoms. The minimum Gasteiger partial charge on any atom is -0.480 e. The van der Waals surface area contributed by atoms with E-state index in [0.29, 0.717) is 41.5 Å². The molecule has 1 aliphatic carbocycles. The van der Waals surface area contributed by atoms with Crippen LogP contribution in [-0.2, 0) is 41.6 Å². The number of fused-ring (bicyclic) bond motifs is 1. The van der Waals surface area contributed by atoms with Crippen LogP contribution >= 0.6 is 11.3 Å². The van der Waals surface area contributed by atoms with Gasteiger partial charge in [-0.2, -0.15) is 13.2 Å². The number of alkyl halides is 3. The number of aliphatic carboxylic acids is 1. The number of methoxy groups -OCH3 is 1. The smallest absolute Gasteiger partial charge is 0.416 e. The number of pyridine rings is 1. The molecule has 4 aromatic rings. The van der Waals surface area contributed by atoms with E-state index in [9.17, 15) is 32.7 Å². The van der Waals surface area contributed by atoms with Crippen molar-refractivity contribution >= 4 is 34.1 Å². The average Bonchev–Trinajstić information content (AvgIpc) is 3.41. The Bertz CT molecular complexity index is 1870. The normalized spacial score (nSPS) is 13.9. The van der Waals surface area contributed by atoms with Gasteiger partial charge in [0.2, 0.25) is 0 Å². The van der Waals surface area contributed by atoms with E-state index in [1.807, 2.05) is 6.07 Å². The lowest BCUT2D eigenvalue weighted by atomic mass is 9.76. The van der Waals surface area contributed by atoms with Gasteiger partial charge in [-0.05, 0) is 77.8 Å². The van der Waals surface area contributed by atoms with Crippen LogP contribution in [0.4, 0.5) is 18.2 Å². The van der Waals surface area contributed by atoms with Crippen LogP contribution in [0.25, 0.3) is 11.3 Å². The number of aromatic nitrogens is 1. The van der Waals surface area contributed by atoms with Crippen LogP contribution < -0.4 is 10.6 Å². The topological polar surface area (TPSA) is 121 Å². The molecule has 2 aromatic carbocycles. The molecule has 0 bridgehead atoms. The molecule has 9 nitrogen and oxygen atoms in total. The van der Waals surface area contributed by atoms with Crippen molar-refractivity contribution in [1.82, 2.24) is 15.2 Å². The van der Waals surface area contributed by atoms with Gasteiger partial charge in [0, 0.05) is 54.5 Å². The van der Waals surface area contributed by atoms with Crippen LogP contribution in [0.3, 0.4) is 0 Å². The first kappa shape index (κ1) is 36.7. The van der Waals surface area contributed by atoms with Crippen molar-refractivity contribution in [3.63, 3.8) is 0 Å². The SMILES string of the molecule is COCCN(CC(=O)O)Cc1cccc(C(=O)Nc2sc3c(c2-c2cc(C(=O)NCc4cccc(C(F)(F)F)c4)ccn2)CCC(C)(C)C3)c1. The molecule has 2 amide bonds. The van der Waals surface area contributed by atoms with Crippen molar-refractivity contribution < 1.29 is 37.4 Å². The zero-order chi connectivity index (χ0) is 36.1. The van der Waals surface area contributed by atoms with Crippen LogP contribution in [0.1, 0.15) is 68.1 Å². The number of amides is 2. The summed E-state index contributed by atoms with van der Waals surface area (Å²) < 4.78 is 44.6. The van der Waals surface area contributed by atoms with Crippen molar-refractivity contribution in [2.75, 3.05) is 32.1 Å². The maximum Gasteiger partial charge on any atom is 0.416 e. The fraction of sp³-hybridized carbons (Fsp3) is 0.351. The summed E-state index contributed by atoms with van der Waals surface area (Å²) in [6.07, 6.45) is -0.491. The summed E-state index contributed by atoms with van der Waals surface area (Å²) in [6.45, 7) is 5.23. The first-order valence-corrected chi connectivity index (χ1v) is 16.9. The Morgan fingerprint density at radius 2 is 1.76 bits per heavy atom. The number of rotatable bonds is 13. The van der Waals surface area contributed by atoms with Crippen LogP contribution in [0, 0.1) is 5.41 Å². The van der Waals surface area contributed by atoms with E-state index in [-0.39, 0.29) is 30.0 Å². The highest BCUT2D eigenvalue weighted by Gasteiger charge is 2.32. The maximum atomic E-state index is 13.7. The largest absolute Gasteiger partial charge is 0.480 e. The first-order chi connectivity index (χ1) is 23.7. The number of hydrogen-bond donors (Lipinski definition) is 3. The molecule has 13 heteroatoms. The number of carboxylic acid groups (broad SMARTS) is 1. The third-order valence-corrected chi connectivity index (χ3v) is 9.71. The number of carbonyl (C=O) groups excluding carboxylic acids is 2. The molecule has 0 fully saturated rings. The third-order valence-electron chi connectivity index (χ3n) is 8.56. The lowest BCUT2D eigenvalue weighted by Crippen LogP contribution is -2.32. The maximum absolute atomic E-state index is 13.7. The third kappa shape index (κ3) is 9.34. The molecular weight excluding hydrogens is 669 g/mol. The number of halogens is 3. The van der Waals surface area contributed by atoms with Crippen molar-refractivity contribution in [3.05, 3.63) is 105 Å². The number of nitrogens with one attached hydrogen (secondary N) is 2. The Kier molecular flexibility index (Phi) is 11.4. The van der Waals surface area contributed by atoms with Crippen LogP contribution in [0.15, 0.2) is 66.9 Å². The van der Waals surface area contributed by atoms with Gasteiger partial charge in [-0.3, -0.25) is 24.3 Å². The predicted molar refractivity (Wildman–Crippen MR) is 185 cm³/mol. The van der Waals surface area contributed by atoms with Gasteiger partial charge in [-0.1, -0.05) is 38.1 Å². The number of benzene rings is 2. The Morgan fingerprint density at radius 3 is 2.50 bits per heavy atom. The van der Waals surface area contributed by atoms with Crippen molar-refractivity contribution in [3.8, 4) is 11.3 Å². The molecule has 0 saturated carbocycles. The van der Waals surface area contributed by atoms with Gasteiger partial charge in [0.05, 0.1) is 24.4 Å². The minimum absolute atomic E-state index is 0.0634. The molecular formula is C37H39F3N4O5S. The van der Waals surface area contributed by atoms with E-state index < -0.39 is 23.6 Å². The zero-order valence-electron chi connectivity index (χ0n) is 28.0. The summed E-state index contributed by atoms with van der Waals surface area (Å²) >= 11 is 1.49. The quantitative estimate of drug-likeness (QED) is 0.136. The highest BCUT2D eigenvalue weighted by Crippen LogP contribution is 2.47. The molecule has 0 atom stereocenters. The van der Waals surface area contributed by atoms with E-state index in [2.05, 4.69) is 29.5 Å². The molecule has 0 unspecified atom stereocenters. The molecule has 2 heterocycles. The lowest BCUT2D eigenvalue weighted by Gasteiger charge is -2.29. The van der Waals surface area contributed by atoms with Gasteiger partial charge in [-0.25, -0.2) is 0 Å². The highest BCUT2D eigenvalue weighted by atomic mass is 32.1. The number of carbonyl (C=O) groups is 3. The Labute approximate surface area is 292 Å². The lowest BCUT2D eigenvalue weighted by molar-refractivity contribution is -0.139. The molecule has 264 valence electrons. The van der Waals surface area contributed by atoms with E-state index in [0.717, 1.165) is 53.0 Å². The van der Waals surface area contributed by atoms with Crippen LogP contribution in [-0.4, -0.2) is 59.6 Å². The second-order valence-corrected chi connectivity index (χ2v) is 14.2. The molecule has 2 aromatic heterocycles. The summed E-state index contributed by atoms with van der Waals surface area (Å²) in [4.78, 5) is 45.8. The first-order valence-electron chi connectivity index (χ1n) is 16.1. The standard InChI is InChI=1S/C37H39F3N4O5S/c1-36(2)12-10-28-30(19-36)50-35(43-34(48)25-8-4-7-24(16-25)21-44(14-15-49-3)22-31(45)46)32(28)29-18-26(11-13-41-29)33(47)42-20-23-6-5-9-27(17-23)37(38,39)40/h4-9,11,13,16-18H,10,12,14-15,19-22H2,1-3H3,(H,42,47)(H,43,48)(H,45,46). The molecule has 5 rings (SSSR count). The Hall–Kier alpha value is -4.59. The van der Waals surface area contributed by atoms with Gasteiger partial charge in [0.1, 0.15) is 5.00 Å². The summed E-state index contributed by atoms with van der Waals surface area (Å²) in [6, 6.07) is 15.0. The molecule has 0 saturated heterocycles. The van der Waals surface area contributed by atoms with Crippen molar-refractivity contribution in [2.24, 2.45) is 5.41 Å². The number of ether oxygens (including phenoxy) is 1. The van der Waals surface area contributed by atoms with Crippen molar-refractivity contribution in [1.29, 1.82) is 0 Å². The summed E-state index contributed by atoms with van der Waals surface area (Å²) in [5.74, 6) is -1.78. The summed E-state index contributed by atoms with van der Waals surface area (Å²) in [5, 5.41) is 15.7. The van der Waals surface area contributed by atoms with E-state index in [4.69, 9.17) is 4.74 Å². The summed E-state index contributed by atoms with van der Waals surface area (Å²) in [7, 11) is 1.55. The molecule has 0 radical (unpaired) electrons. The number of thiophene rings is 1. The second kappa shape index (κ2) is 15.5. The van der Waals surface area contributed by atoms with Gasteiger partial charge in [0.15, 0.2) is 0 Å². The van der Waals surface area contributed by atoms with E-state index >= 15 is 0 Å². The van der Waals surface area contributed by atoms with E-state index in [1.54, 1.807) is 36.3 Å². The fourth-order valence-corrected chi connectivity index (χ4v) is 7.50. The second-order valence-electron chi connectivity index (χ2n) is 13.1. The average molecular weight is 709 g/mol. The Balaban J connectivity index is 1.39. The summed E-state index contributed by atoms with van der Waals surface area (Å²) in [5.41, 5.74) is 3.35. The monoisotopic (exact) mass is 708 g/mol. The number of carboxylic acids is 1. The minimum atomic E-state index is -4.49. The molecule has 50 heavy (non-hydrogen) atoms. The van der Waals surface area contributed by atoms with Crippen LogP contribution in [0.5, 0.6) is 0 Å². The molecule has 0 aliphatic heterocycles. The molecule has 3 N–H and O–H groups in total. The van der Waals surface area contributed by atoms with Gasteiger partial charge < -0.3 is 20.5 Å². The number of anilines is 1.